The fraction of sp³-hybridized carbons (Fsp3) is 0.167. The number of ether oxygens (including phenoxy) is 1. The molecule has 0 saturated heterocycles. The molecular formula is C24H20ClNO. The lowest BCUT2D eigenvalue weighted by Gasteiger charge is -2.24. The molecule has 0 radical (unpaired) electrons. The predicted molar refractivity (Wildman–Crippen MR) is 113 cm³/mol. The standard InChI is InChI=1S/C24H20ClNO/c25-22-7-3-4-8-23(22)27-24-14-21-17-12-10-16(26)13-15(17)9-11-19(21)18-5-1-2-6-20(18)24/h1-9,11,14,16H,10,12-13,26H2. The highest BCUT2D eigenvalue weighted by Gasteiger charge is 2.19. The van der Waals surface area contributed by atoms with Crippen LogP contribution < -0.4 is 10.5 Å². The Balaban J connectivity index is 1.77. The zero-order chi connectivity index (χ0) is 18.4. The molecule has 0 saturated carbocycles. The summed E-state index contributed by atoms with van der Waals surface area (Å²) < 4.78 is 6.29. The number of aryl methyl sites for hydroxylation is 1. The zero-order valence-electron chi connectivity index (χ0n) is 14.9. The summed E-state index contributed by atoms with van der Waals surface area (Å²) in [5, 5.41) is 5.45. The Morgan fingerprint density at radius 2 is 1.56 bits per heavy atom. The highest BCUT2D eigenvalue weighted by atomic mass is 35.5. The van der Waals surface area contributed by atoms with Gasteiger partial charge < -0.3 is 10.5 Å². The van der Waals surface area contributed by atoms with Crippen molar-refractivity contribution < 1.29 is 4.74 Å². The molecule has 4 aromatic rings. The number of hydrogen-bond acceptors (Lipinski definition) is 2. The lowest BCUT2D eigenvalue weighted by molar-refractivity contribution is 0.489. The van der Waals surface area contributed by atoms with E-state index >= 15 is 0 Å². The Morgan fingerprint density at radius 1 is 0.815 bits per heavy atom. The van der Waals surface area contributed by atoms with E-state index in [4.69, 9.17) is 22.1 Å². The van der Waals surface area contributed by atoms with Gasteiger partial charge in [0.25, 0.3) is 0 Å². The Labute approximate surface area is 163 Å². The number of halogens is 1. The highest BCUT2D eigenvalue weighted by molar-refractivity contribution is 6.32. The zero-order valence-corrected chi connectivity index (χ0v) is 15.7. The van der Waals surface area contributed by atoms with Crippen LogP contribution in [0.25, 0.3) is 21.5 Å². The molecule has 1 aliphatic rings. The summed E-state index contributed by atoms with van der Waals surface area (Å²) in [6.45, 7) is 0. The van der Waals surface area contributed by atoms with Gasteiger partial charge in [-0.3, -0.25) is 0 Å². The maximum atomic E-state index is 6.34. The Morgan fingerprint density at radius 3 is 2.41 bits per heavy atom. The molecule has 27 heavy (non-hydrogen) atoms. The topological polar surface area (TPSA) is 35.2 Å². The van der Waals surface area contributed by atoms with Gasteiger partial charge in [0.15, 0.2) is 0 Å². The van der Waals surface area contributed by atoms with Crippen LogP contribution in [0.4, 0.5) is 0 Å². The average molecular weight is 374 g/mol. The molecule has 0 heterocycles. The summed E-state index contributed by atoms with van der Waals surface area (Å²) in [6.07, 6.45) is 2.98. The maximum Gasteiger partial charge on any atom is 0.146 e. The third-order valence-corrected chi connectivity index (χ3v) is 5.83. The van der Waals surface area contributed by atoms with Gasteiger partial charge in [-0.1, -0.05) is 60.1 Å². The van der Waals surface area contributed by atoms with Crippen LogP contribution >= 0.6 is 11.6 Å². The normalized spacial score (nSPS) is 16.4. The van der Waals surface area contributed by atoms with E-state index in [1.807, 2.05) is 30.3 Å². The van der Waals surface area contributed by atoms with Crippen molar-refractivity contribution in [1.29, 1.82) is 0 Å². The molecule has 134 valence electrons. The first-order valence-corrected chi connectivity index (χ1v) is 9.72. The van der Waals surface area contributed by atoms with E-state index in [0.29, 0.717) is 10.8 Å². The van der Waals surface area contributed by atoms with Crippen molar-refractivity contribution in [1.82, 2.24) is 0 Å². The molecule has 0 aromatic heterocycles. The van der Waals surface area contributed by atoms with Crippen LogP contribution in [0, 0.1) is 0 Å². The van der Waals surface area contributed by atoms with Gasteiger partial charge in [0.05, 0.1) is 5.02 Å². The van der Waals surface area contributed by atoms with Crippen molar-refractivity contribution in [2.24, 2.45) is 5.73 Å². The first-order valence-electron chi connectivity index (χ1n) is 9.35. The van der Waals surface area contributed by atoms with Crippen molar-refractivity contribution in [3.63, 3.8) is 0 Å². The summed E-state index contributed by atoms with van der Waals surface area (Å²) in [6, 6.07) is 22.9. The fourth-order valence-electron chi connectivity index (χ4n) is 4.18. The largest absolute Gasteiger partial charge is 0.455 e. The highest BCUT2D eigenvalue weighted by Crippen LogP contribution is 2.40. The van der Waals surface area contributed by atoms with E-state index in [9.17, 15) is 0 Å². The van der Waals surface area contributed by atoms with Crippen LogP contribution in [0.15, 0.2) is 66.7 Å². The number of hydrogen-bond donors (Lipinski definition) is 1. The summed E-state index contributed by atoms with van der Waals surface area (Å²) >= 11 is 6.34. The van der Waals surface area contributed by atoms with Gasteiger partial charge in [0.2, 0.25) is 0 Å². The third-order valence-electron chi connectivity index (χ3n) is 5.52. The third kappa shape index (κ3) is 2.86. The van der Waals surface area contributed by atoms with Crippen molar-refractivity contribution in [3.05, 3.63) is 82.9 Å². The molecule has 1 atom stereocenters. The van der Waals surface area contributed by atoms with E-state index in [1.165, 1.54) is 27.3 Å². The first kappa shape index (κ1) is 16.6. The lowest BCUT2D eigenvalue weighted by atomic mass is 9.84. The van der Waals surface area contributed by atoms with Gasteiger partial charge in [-0.2, -0.15) is 0 Å². The molecule has 1 aliphatic carbocycles. The second-order valence-electron chi connectivity index (χ2n) is 7.25. The van der Waals surface area contributed by atoms with E-state index in [-0.39, 0.29) is 6.04 Å². The molecule has 2 nitrogen and oxygen atoms in total. The molecule has 0 bridgehead atoms. The quantitative estimate of drug-likeness (QED) is 0.421. The monoisotopic (exact) mass is 373 g/mol. The molecule has 3 heteroatoms. The SMILES string of the molecule is NC1CCc2c(ccc3c2cc(Oc2ccccc2Cl)c2ccccc23)C1. The molecule has 0 fully saturated rings. The van der Waals surface area contributed by atoms with Crippen LogP contribution in [0.5, 0.6) is 11.5 Å². The molecule has 0 aliphatic heterocycles. The Kier molecular flexibility index (Phi) is 4.04. The van der Waals surface area contributed by atoms with Crippen LogP contribution in [0.3, 0.4) is 0 Å². The van der Waals surface area contributed by atoms with Crippen molar-refractivity contribution in [2.75, 3.05) is 0 Å². The van der Waals surface area contributed by atoms with E-state index in [1.54, 1.807) is 0 Å². The summed E-state index contributed by atoms with van der Waals surface area (Å²) in [5.74, 6) is 1.52. The number of fused-ring (bicyclic) bond motifs is 5. The van der Waals surface area contributed by atoms with E-state index in [0.717, 1.165) is 30.4 Å². The molecule has 2 N–H and O–H groups in total. The van der Waals surface area contributed by atoms with Crippen LogP contribution in [-0.4, -0.2) is 6.04 Å². The second kappa shape index (κ2) is 6.56. The van der Waals surface area contributed by atoms with Crippen molar-refractivity contribution >= 4 is 33.1 Å². The van der Waals surface area contributed by atoms with Crippen molar-refractivity contribution in [2.45, 2.75) is 25.3 Å². The fourth-order valence-corrected chi connectivity index (χ4v) is 4.36. The average Bonchev–Trinajstić information content (AvgIpc) is 2.69. The van der Waals surface area contributed by atoms with Gasteiger partial charge in [-0.25, -0.2) is 0 Å². The number of nitrogens with two attached hydrogens (primary N) is 1. The van der Waals surface area contributed by atoms with E-state index in [2.05, 4.69) is 36.4 Å². The number of rotatable bonds is 2. The molecule has 0 spiro atoms. The number of benzene rings is 4. The van der Waals surface area contributed by atoms with Gasteiger partial charge in [0.1, 0.15) is 11.5 Å². The second-order valence-corrected chi connectivity index (χ2v) is 7.66. The summed E-state index contributed by atoms with van der Waals surface area (Å²) in [7, 11) is 0. The molecular weight excluding hydrogens is 354 g/mol. The molecule has 4 aromatic carbocycles. The van der Waals surface area contributed by atoms with Crippen LogP contribution in [-0.2, 0) is 12.8 Å². The molecule has 5 rings (SSSR count). The summed E-state index contributed by atoms with van der Waals surface area (Å²) in [4.78, 5) is 0. The minimum absolute atomic E-state index is 0.259. The van der Waals surface area contributed by atoms with Gasteiger partial charge in [-0.05, 0) is 64.7 Å². The van der Waals surface area contributed by atoms with Crippen LogP contribution in [0.2, 0.25) is 5.02 Å². The van der Waals surface area contributed by atoms with Gasteiger partial charge >= 0.3 is 0 Å². The minimum Gasteiger partial charge on any atom is -0.455 e. The first-order chi connectivity index (χ1) is 13.2. The smallest absolute Gasteiger partial charge is 0.146 e. The number of para-hydroxylation sites is 1. The van der Waals surface area contributed by atoms with Gasteiger partial charge in [-0.15, -0.1) is 0 Å². The van der Waals surface area contributed by atoms with Crippen LogP contribution in [0.1, 0.15) is 17.5 Å². The molecule has 0 amide bonds. The maximum absolute atomic E-state index is 6.34. The minimum atomic E-state index is 0.259. The summed E-state index contributed by atoms with van der Waals surface area (Å²) in [5.41, 5.74) is 8.96. The molecule has 1 unspecified atom stereocenters. The Hall–Kier alpha value is -2.55. The van der Waals surface area contributed by atoms with Gasteiger partial charge in [0, 0.05) is 11.4 Å². The van der Waals surface area contributed by atoms with E-state index < -0.39 is 0 Å². The lowest BCUT2D eigenvalue weighted by Crippen LogP contribution is -2.27. The van der Waals surface area contributed by atoms with Crippen molar-refractivity contribution in [3.8, 4) is 11.5 Å². The predicted octanol–water partition coefficient (Wildman–Crippen LogP) is 6.25. The Bertz CT molecular complexity index is 1170.